The number of aliphatic hydroxyl groups excluding tert-OH is 1. The van der Waals surface area contributed by atoms with Crippen LogP contribution in [0.15, 0.2) is 45.2 Å². The first kappa shape index (κ1) is 20.5. The molecule has 0 radical (unpaired) electrons. The zero-order valence-corrected chi connectivity index (χ0v) is 16.6. The van der Waals surface area contributed by atoms with Gasteiger partial charge < -0.3 is 10.4 Å². The van der Waals surface area contributed by atoms with Gasteiger partial charge in [0.1, 0.15) is 17.1 Å². The van der Waals surface area contributed by atoms with E-state index in [0.29, 0.717) is 5.69 Å². The van der Waals surface area contributed by atoms with Crippen LogP contribution in [0.1, 0.15) is 25.8 Å². The minimum absolute atomic E-state index is 0.00345. The standard InChI is InChI=1S/C18H18ClFN2O2S2/c1-3-7-26-14-9-25-8-13(14)22-18(24)15(10(2)23)17(21)16-11(19)5-4-6-12(16)20/h4-6,8-9,21,23H,3,7H2,1-2H3,(H,22,24)/b15-10+,21-17?. The van der Waals surface area contributed by atoms with Crippen LogP contribution in [0.5, 0.6) is 0 Å². The highest BCUT2D eigenvalue weighted by atomic mass is 35.5. The Labute approximate surface area is 164 Å². The van der Waals surface area contributed by atoms with E-state index >= 15 is 0 Å². The van der Waals surface area contributed by atoms with Crippen molar-refractivity contribution in [2.45, 2.75) is 25.2 Å². The third-order valence-electron chi connectivity index (χ3n) is 3.39. The first-order chi connectivity index (χ1) is 12.4. The number of amides is 1. The number of benzene rings is 1. The molecule has 138 valence electrons. The lowest BCUT2D eigenvalue weighted by Crippen LogP contribution is -2.23. The maximum atomic E-state index is 14.1. The maximum Gasteiger partial charge on any atom is 0.261 e. The Hall–Kier alpha value is -1.83. The molecule has 26 heavy (non-hydrogen) atoms. The van der Waals surface area contributed by atoms with E-state index < -0.39 is 17.4 Å². The summed E-state index contributed by atoms with van der Waals surface area (Å²) in [5.74, 6) is -0.901. The highest BCUT2D eigenvalue weighted by molar-refractivity contribution is 7.99. The fraction of sp³-hybridized carbons (Fsp3) is 0.222. The van der Waals surface area contributed by atoms with Gasteiger partial charge in [-0.2, -0.15) is 0 Å². The molecule has 0 saturated heterocycles. The highest BCUT2D eigenvalue weighted by Crippen LogP contribution is 2.32. The summed E-state index contributed by atoms with van der Waals surface area (Å²) in [5, 5.41) is 24.6. The van der Waals surface area contributed by atoms with Crippen molar-refractivity contribution < 1.29 is 14.3 Å². The summed E-state index contributed by atoms with van der Waals surface area (Å²) in [4.78, 5) is 13.6. The van der Waals surface area contributed by atoms with Crippen molar-refractivity contribution in [2.75, 3.05) is 11.1 Å². The second kappa shape index (κ2) is 9.21. The summed E-state index contributed by atoms with van der Waals surface area (Å²) < 4.78 is 14.1. The maximum absolute atomic E-state index is 14.1. The van der Waals surface area contributed by atoms with Crippen LogP contribution in [0.25, 0.3) is 0 Å². The van der Waals surface area contributed by atoms with E-state index in [1.165, 1.54) is 30.4 Å². The Morgan fingerprint density at radius 2 is 2.15 bits per heavy atom. The van der Waals surface area contributed by atoms with Gasteiger partial charge in [-0.3, -0.25) is 10.2 Å². The summed E-state index contributed by atoms with van der Waals surface area (Å²) in [6.07, 6.45) is 0.991. The van der Waals surface area contributed by atoms with Gasteiger partial charge in [0, 0.05) is 15.7 Å². The Morgan fingerprint density at radius 3 is 2.77 bits per heavy atom. The lowest BCUT2D eigenvalue weighted by atomic mass is 10.00. The number of halogens is 2. The van der Waals surface area contributed by atoms with Crippen molar-refractivity contribution in [1.82, 2.24) is 0 Å². The molecule has 0 aliphatic heterocycles. The van der Waals surface area contributed by atoms with Gasteiger partial charge in [-0.1, -0.05) is 24.6 Å². The average molecular weight is 413 g/mol. The van der Waals surface area contributed by atoms with Gasteiger partial charge in [-0.25, -0.2) is 4.39 Å². The molecule has 0 atom stereocenters. The number of rotatable bonds is 7. The molecular weight excluding hydrogens is 395 g/mol. The summed E-state index contributed by atoms with van der Waals surface area (Å²) in [6.45, 7) is 3.34. The number of thiophene rings is 1. The number of thioether (sulfide) groups is 1. The van der Waals surface area contributed by atoms with Crippen molar-refractivity contribution >= 4 is 52.0 Å². The topological polar surface area (TPSA) is 73.2 Å². The number of anilines is 1. The molecule has 1 amide bonds. The van der Waals surface area contributed by atoms with Crippen LogP contribution in [0.4, 0.5) is 10.1 Å². The summed E-state index contributed by atoms with van der Waals surface area (Å²) >= 11 is 9.03. The molecular formula is C18H18ClFN2O2S2. The Morgan fingerprint density at radius 1 is 1.42 bits per heavy atom. The number of nitrogens with one attached hydrogen (secondary N) is 2. The molecule has 4 nitrogen and oxygen atoms in total. The summed E-state index contributed by atoms with van der Waals surface area (Å²) in [5.41, 5.74) is -0.415. The summed E-state index contributed by atoms with van der Waals surface area (Å²) in [7, 11) is 0. The third kappa shape index (κ3) is 4.66. The van der Waals surface area contributed by atoms with E-state index in [1.54, 1.807) is 17.1 Å². The van der Waals surface area contributed by atoms with Crippen LogP contribution in [0.3, 0.4) is 0 Å². The molecule has 2 aromatic rings. The largest absolute Gasteiger partial charge is 0.512 e. The van der Waals surface area contributed by atoms with Crippen LogP contribution in [0, 0.1) is 11.2 Å². The van der Waals surface area contributed by atoms with Crippen LogP contribution < -0.4 is 5.32 Å². The van der Waals surface area contributed by atoms with Gasteiger partial charge in [0.2, 0.25) is 0 Å². The van der Waals surface area contributed by atoms with Crippen LogP contribution in [-0.2, 0) is 4.79 Å². The molecule has 0 aliphatic carbocycles. The zero-order valence-electron chi connectivity index (χ0n) is 14.2. The third-order valence-corrected chi connectivity index (χ3v) is 5.86. The fourth-order valence-corrected chi connectivity index (χ4v) is 4.31. The Kier molecular flexibility index (Phi) is 7.25. The van der Waals surface area contributed by atoms with E-state index in [9.17, 15) is 14.3 Å². The van der Waals surface area contributed by atoms with Crippen molar-refractivity contribution in [1.29, 1.82) is 5.41 Å². The second-order valence-electron chi connectivity index (χ2n) is 5.38. The van der Waals surface area contributed by atoms with Crippen molar-refractivity contribution in [2.24, 2.45) is 0 Å². The van der Waals surface area contributed by atoms with Crippen LogP contribution >= 0.6 is 34.7 Å². The zero-order chi connectivity index (χ0) is 19.3. The number of carbonyl (C=O) groups excluding carboxylic acids is 1. The molecule has 0 saturated carbocycles. The number of carbonyl (C=O) groups is 1. The molecule has 2 rings (SSSR count). The first-order valence-corrected chi connectivity index (χ1v) is 10.1. The molecule has 8 heteroatoms. The van der Waals surface area contributed by atoms with E-state index in [4.69, 9.17) is 17.0 Å². The number of hydrogen-bond donors (Lipinski definition) is 3. The van der Waals surface area contributed by atoms with Gasteiger partial charge in [0.25, 0.3) is 5.91 Å². The molecule has 1 aromatic carbocycles. The first-order valence-electron chi connectivity index (χ1n) is 7.80. The van der Waals surface area contributed by atoms with Crippen molar-refractivity contribution in [3.05, 3.63) is 56.7 Å². The lowest BCUT2D eigenvalue weighted by molar-refractivity contribution is -0.112. The van der Waals surface area contributed by atoms with E-state index in [0.717, 1.165) is 23.1 Å². The quantitative estimate of drug-likeness (QED) is 0.230. The van der Waals surface area contributed by atoms with E-state index in [1.807, 2.05) is 5.38 Å². The van der Waals surface area contributed by atoms with Gasteiger partial charge in [0.05, 0.1) is 22.0 Å². The normalized spacial score (nSPS) is 11.8. The minimum Gasteiger partial charge on any atom is -0.512 e. The Bertz CT molecular complexity index is 840. The molecule has 3 N–H and O–H groups in total. The smallest absolute Gasteiger partial charge is 0.261 e. The fourth-order valence-electron chi connectivity index (χ4n) is 2.21. The minimum atomic E-state index is -0.733. The molecule has 0 bridgehead atoms. The number of allylic oxidation sites excluding steroid dienone is 1. The SMILES string of the molecule is CCCSc1cscc1NC(=O)/C(C(=N)c1c(F)cccc1Cl)=C(\C)O. The molecule has 1 aromatic heterocycles. The molecule has 0 spiro atoms. The van der Waals surface area contributed by atoms with Gasteiger partial charge >= 0.3 is 0 Å². The van der Waals surface area contributed by atoms with E-state index in [2.05, 4.69) is 12.2 Å². The van der Waals surface area contributed by atoms with E-state index in [-0.39, 0.29) is 21.9 Å². The highest BCUT2D eigenvalue weighted by Gasteiger charge is 2.24. The molecule has 0 aliphatic rings. The number of aliphatic hydroxyl groups is 1. The molecule has 0 unspecified atom stereocenters. The van der Waals surface area contributed by atoms with Crippen LogP contribution in [0.2, 0.25) is 5.02 Å². The molecule has 0 fully saturated rings. The predicted molar refractivity (Wildman–Crippen MR) is 108 cm³/mol. The molecule has 1 heterocycles. The second-order valence-corrected chi connectivity index (χ2v) is 7.67. The van der Waals surface area contributed by atoms with Crippen molar-refractivity contribution in [3.8, 4) is 0 Å². The summed E-state index contributed by atoms with van der Waals surface area (Å²) in [6, 6.07) is 3.98. The van der Waals surface area contributed by atoms with Gasteiger partial charge in [-0.05, 0) is 31.2 Å². The van der Waals surface area contributed by atoms with Crippen LogP contribution in [-0.4, -0.2) is 22.5 Å². The predicted octanol–water partition coefficient (Wildman–Crippen LogP) is 5.88. The Balaban J connectivity index is 2.31. The van der Waals surface area contributed by atoms with Gasteiger partial charge in [-0.15, -0.1) is 23.1 Å². The lowest BCUT2D eigenvalue weighted by Gasteiger charge is -2.13. The van der Waals surface area contributed by atoms with Crippen molar-refractivity contribution in [3.63, 3.8) is 0 Å². The number of hydrogen-bond acceptors (Lipinski definition) is 5. The van der Waals surface area contributed by atoms with Gasteiger partial charge in [0.15, 0.2) is 0 Å². The monoisotopic (exact) mass is 412 g/mol. The average Bonchev–Trinajstić information content (AvgIpc) is 2.99.